The van der Waals surface area contributed by atoms with E-state index in [4.69, 9.17) is 5.11 Å². The molecule has 1 heteroatoms. The van der Waals surface area contributed by atoms with Gasteiger partial charge in [0.2, 0.25) is 0 Å². The zero-order valence-corrected chi connectivity index (χ0v) is 11.5. The first kappa shape index (κ1) is 16.4. The van der Waals surface area contributed by atoms with Crippen LogP contribution in [0.25, 0.3) is 0 Å². The van der Waals surface area contributed by atoms with Crippen molar-refractivity contribution in [2.24, 2.45) is 0 Å². The Morgan fingerprint density at radius 1 is 0.706 bits per heavy atom. The normalized spacial score (nSPS) is 11.9. The van der Waals surface area contributed by atoms with Crippen LogP contribution in [-0.4, -0.2) is 11.7 Å². The number of allylic oxidation sites excluding steroid dienone is 4. The van der Waals surface area contributed by atoms with Crippen LogP contribution >= 0.6 is 0 Å². The lowest BCUT2D eigenvalue weighted by molar-refractivity contribution is 0.289. The van der Waals surface area contributed by atoms with Gasteiger partial charge in [-0.25, -0.2) is 0 Å². The van der Waals surface area contributed by atoms with Gasteiger partial charge >= 0.3 is 0 Å². The highest BCUT2D eigenvalue weighted by molar-refractivity contribution is 5.02. The molecule has 0 rings (SSSR count). The quantitative estimate of drug-likeness (QED) is 0.374. The molecular weight excluding hydrogens is 208 g/mol. The Morgan fingerprint density at radius 3 is 1.82 bits per heavy atom. The van der Waals surface area contributed by atoms with Gasteiger partial charge in [-0.15, -0.1) is 0 Å². The van der Waals surface area contributed by atoms with Crippen LogP contribution < -0.4 is 0 Å². The Hall–Kier alpha value is -0.560. The molecule has 0 aliphatic rings. The fourth-order valence-corrected chi connectivity index (χ4v) is 1.78. The van der Waals surface area contributed by atoms with Crippen molar-refractivity contribution in [1.29, 1.82) is 0 Å². The van der Waals surface area contributed by atoms with E-state index in [1.54, 1.807) is 0 Å². The van der Waals surface area contributed by atoms with E-state index >= 15 is 0 Å². The van der Waals surface area contributed by atoms with Gasteiger partial charge < -0.3 is 5.11 Å². The van der Waals surface area contributed by atoms with Gasteiger partial charge in [-0.2, -0.15) is 0 Å². The maximum atomic E-state index is 8.59. The van der Waals surface area contributed by atoms with E-state index in [2.05, 4.69) is 31.2 Å². The largest absolute Gasteiger partial charge is 0.396 e. The van der Waals surface area contributed by atoms with Gasteiger partial charge in [0.15, 0.2) is 0 Å². The van der Waals surface area contributed by atoms with Crippen LogP contribution in [0.15, 0.2) is 24.3 Å². The third-order valence-electron chi connectivity index (χ3n) is 2.89. The van der Waals surface area contributed by atoms with Gasteiger partial charge in [-0.3, -0.25) is 0 Å². The Labute approximate surface area is 108 Å². The van der Waals surface area contributed by atoms with Crippen LogP contribution in [0.5, 0.6) is 0 Å². The second kappa shape index (κ2) is 15.4. The van der Waals surface area contributed by atoms with Crippen molar-refractivity contribution in [2.45, 2.75) is 71.1 Å². The van der Waals surface area contributed by atoms with Crippen molar-refractivity contribution >= 4 is 0 Å². The molecule has 1 nitrogen and oxygen atoms in total. The third kappa shape index (κ3) is 15.4. The summed E-state index contributed by atoms with van der Waals surface area (Å²) >= 11 is 0. The minimum atomic E-state index is 0.298. The molecule has 0 saturated carbocycles. The zero-order valence-electron chi connectivity index (χ0n) is 11.5. The summed E-state index contributed by atoms with van der Waals surface area (Å²) in [6, 6.07) is 0. The number of hydrogen-bond donors (Lipinski definition) is 1. The van der Waals surface area contributed by atoms with Gasteiger partial charge in [-0.1, -0.05) is 69.8 Å². The van der Waals surface area contributed by atoms with Crippen molar-refractivity contribution in [3.05, 3.63) is 24.3 Å². The summed E-state index contributed by atoms with van der Waals surface area (Å²) in [6.45, 7) is 2.56. The fourth-order valence-electron chi connectivity index (χ4n) is 1.78. The molecule has 0 aromatic carbocycles. The molecule has 0 amide bonds. The van der Waals surface area contributed by atoms with Gasteiger partial charge in [0.05, 0.1) is 0 Å². The van der Waals surface area contributed by atoms with E-state index < -0.39 is 0 Å². The van der Waals surface area contributed by atoms with E-state index in [9.17, 15) is 0 Å². The van der Waals surface area contributed by atoms with Crippen LogP contribution in [0.3, 0.4) is 0 Å². The summed E-state index contributed by atoms with van der Waals surface area (Å²) in [7, 11) is 0. The highest BCUT2D eigenvalue weighted by Crippen LogP contribution is 2.08. The summed E-state index contributed by atoms with van der Waals surface area (Å²) in [5.41, 5.74) is 0. The molecule has 1 N–H and O–H groups in total. The highest BCUT2D eigenvalue weighted by atomic mass is 16.2. The van der Waals surface area contributed by atoms with Crippen molar-refractivity contribution in [1.82, 2.24) is 0 Å². The minimum absolute atomic E-state index is 0.298. The number of aliphatic hydroxyl groups is 1. The monoisotopic (exact) mass is 238 g/mol. The van der Waals surface area contributed by atoms with Crippen molar-refractivity contribution < 1.29 is 5.11 Å². The Bertz CT molecular complexity index is 182. The first-order valence-electron chi connectivity index (χ1n) is 7.34. The molecule has 0 spiro atoms. The molecular formula is C16H30O. The first-order chi connectivity index (χ1) is 8.41. The van der Waals surface area contributed by atoms with Crippen molar-refractivity contribution in [3.8, 4) is 0 Å². The topological polar surface area (TPSA) is 20.2 Å². The van der Waals surface area contributed by atoms with Crippen molar-refractivity contribution in [3.63, 3.8) is 0 Å². The summed E-state index contributed by atoms with van der Waals surface area (Å²) in [5.74, 6) is 0. The molecule has 17 heavy (non-hydrogen) atoms. The molecule has 0 aromatic rings. The molecule has 0 aromatic heterocycles. The minimum Gasteiger partial charge on any atom is -0.396 e. The van der Waals surface area contributed by atoms with Gasteiger partial charge in [0, 0.05) is 6.61 Å². The molecule has 0 aliphatic carbocycles. The molecule has 0 radical (unpaired) electrons. The van der Waals surface area contributed by atoms with Crippen LogP contribution in [0.4, 0.5) is 0 Å². The fraction of sp³-hybridized carbons (Fsp3) is 0.750. The molecule has 0 fully saturated rings. The Morgan fingerprint density at radius 2 is 1.24 bits per heavy atom. The summed E-state index contributed by atoms with van der Waals surface area (Å²) < 4.78 is 0. The number of rotatable bonds is 12. The van der Waals surface area contributed by atoms with Crippen LogP contribution in [0.1, 0.15) is 71.1 Å². The molecule has 0 bridgehead atoms. The summed E-state index contributed by atoms with van der Waals surface area (Å²) in [5, 5.41) is 8.59. The second-order valence-electron chi connectivity index (χ2n) is 4.63. The van der Waals surface area contributed by atoms with Crippen LogP contribution in [0, 0.1) is 0 Å². The molecule has 0 unspecified atom stereocenters. The Balaban J connectivity index is 3.11. The molecule has 0 atom stereocenters. The average Bonchev–Trinajstić information content (AvgIpc) is 2.35. The van der Waals surface area contributed by atoms with E-state index in [0.717, 1.165) is 12.8 Å². The van der Waals surface area contributed by atoms with E-state index in [0.29, 0.717) is 6.61 Å². The number of unbranched alkanes of at least 4 members (excludes halogenated alkanes) is 8. The summed E-state index contributed by atoms with van der Waals surface area (Å²) in [4.78, 5) is 0. The average molecular weight is 238 g/mol. The molecule has 100 valence electrons. The van der Waals surface area contributed by atoms with Crippen LogP contribution in [-0.2, 0) is 0 Å². The van der Waals surface area contributed by atoms with E-state index in [1.807, 2.05) is 0 Å². The first-order valence-corrected chi connectivity index (χ1v) is 7.34. The third-order valence-corrected chi connectivity index (χ3v) is 2.89. The van der Waals surface area contributed by atoms with Crippen LogP contribution in [0.2, 0.25) is 0 Å². The number of hydrogen-bond acceptors (Lipinski definition) is 1. The second-order valence-corrected chi connectivity index (χ2v) is 4.63. The molecule has 0 aliphatic heterocycles. The van der Waals surface area contributed by atoms with Gasteiger partial charge in [0.1, 0.15) is 0 Å². The standard InChI is InChI=1S/C16H30O/c1-2-3-4-5-6-7-8-9-10-11-12-13-14-15-16-17/h10-13,17H,2-9,14-16H2,1H3. The lowest BCUT2D eigenvalue weighted by atomic mass is 10.1. The number of aliphatic hydroxyl groups excluding tert-OH is 1. The Kier molecular flexibility index (Phi) is 14.9. The lowest BCUT2D eigenvalue weighted by Gasteiger charge is -1.98. The van der Waals surface area contributed by atoms with Gasteiger partial charge in [-0.05, 0) is 25.7 Å². The predicted molar refractivity (Wildman–Crippen MR) is 77.2 cm³/mol. The zero-order chi connectivity index (χ0) is 12.6. The van der Waals surface area contributed by atoms with E-state index in [-0.39, 0.29) is 0 Å². The molecule has 0 saturated heterocycles. The van der Waals surface area contributed by atoms with Gasteiger partial charge in [0.25, 0.3) is 0 Å². The van der Waals surface area contributed by atoms with Crippen molar-refractivity contribution in [2.75, 3.05) is 6.61 Å². The molecule has 0 heterocycles. The van der Waals surface area contributed by atoms with E-state index in [1.165, 1.54) is 51.4 Å². The summed E-state index contributed by atoms with van der Waals surface area (Å²) in [6.07, 6.45) is 21.3. The smallest absolute Gasteiger partial charge is 0.0433 e. The maximum Gasteiger partial charge on any atom is 0.0433 e. The lowest BCUT2D eigenvalue weighted by Crippen LogP contribution is -1.79. The maximum absolute atomic E-state index is 8.59. The SMILES string of the molecule is CCCCCCCCCC=CC=CCCCO. The predicted octanol–water partition coefficient (Wildman–Crippen LogP) is 5.01. The highest BCUT2D eigenvalue weighted by Gasteiger charge is 1.88.